The van der Waals surface area contributed by atoms with Crippen LogP contribution in [-0.2, 0) is 4.79 Å². The van der Waals surface area contributed by atoms with E-state index in [0.717, 1.165) is 51.9 Å². The third kappa shape index (κ3) is 5.44. The highest BCUT2D eigenvalue weighted by atomic mass is 32.2. The van der Waals surface area contributed by atoms with Crippen LogP contribution >= 0.6 is 11.8 Å². The molecule has 0 radical (unpaired) electrons. The van der Waals surface area contributed by atoms with Crippen LogP contribution < -0.4 is 10.2 Å². The van der Waals surface area contributed by atoms with Gasteiger partial charge in [0.2, 0.25) is 5.91 Å². The molecule has 160 valence electrons. The van der Waals surface area contributed by atoms with Crippen molar-refractivity contribution < 1.29 is 4.79 Å². The van der Waals surface area contributed by atoms with E-state index in [-0.39, 0.29) is 11.8 Å². The Morgan fingerprint density at radius 1 is 1.00 bits per heavy atom. The predicted molar refractivity (Wildman–Crippen MR) is 127 cm³/mol. The summed E-state index contributed by atoms with van der Waals surface area (Å²) in [5.74, 6) is 0.854. The van der Waals surface area contributed by atoms with E-state index in [2.05, 4.69) is 57.7 Å². The molecule has 1 aliphatic heterocycles. The summed E-state index contributed by atoms with van der Waals surface area (Å²) < 4.78 is 0. The molecular weight excluding hydrogens is 404 g/mol. The van der Waals surface area contributed by atoms with Gasteiger partial charge in [-0.05, 0) is 75.1 Å². The van der Waals surface area contributed by atoms with E-state index in [9.17, 15) is 4.79 Å². The zero-order valence-corrected chi connectivity index (χ0v) is 19.1. The minimum Gasteiger partial charge on any atom is -0.354 e. The Hall–Kier alpha value is -2.86. The lowest BCUT2D eigenvalue weighted by Gasteiger charge is -2.32. The monoisotopic (exact) mass is 432 g/mol. The van der Waals surface area contributed by atoms with E-state index < -0.39 is 0 Å². The maximum Gasteiger partial charge on any atom is 0.229 e. The number of benzene rings is 2. The summed E-state index contributed by atoms with van der Waals surface area (Å²) >= 11 is 1.60. The van der Waals surface area contributed by atoms with Gasteiger partial charge in [0.1, 0.15) is 5.03 Å². The first kappa shape index (κ1) is 21.4. The number of hydrogen-bond acceptors (Lipinski definition) is 5. The standard InChI is InChI=1S/C25H28N4OS/c1-17-7-10-21(11-8-17)31-24-13-12-23(27-28-24)29-14-4-5-20(16-29)25(30)26-22-15-18(2)6-9-19(22)3/h6-13,15,20H,4-5,14,16H2,1-3H3,(H,26,30)/t20-/m1/s1. The van der Waals surface area contributed by atoms with Crippen LogP contribution in [0.2, 0.25) is 0 Å². The van der Waals surface area contributed by atoms with Crippen molar-refractivity contribution in [3.05, 3.63) is 71.3 Å². The molecule has 0 saturated carbocycles. The van der Waals surface area contributed by atoms with Crippen LogP contribution in [-0.4, -0.2) is 29.2 Å². The SMILES string of the molecule is Cc1ccc(Sc2ccc(N3CCC[C@@H](C(=O)Nc4cc(C)ccc4C)C3)nn2)cc1. The number of nitrogens with one attached hydrogen (secondary N) is 1. The average Bonchev–Trinajstić information content (AvgIpc) is 2.78. The summed E-state index contributed by atoms with van der Waals surface area (Å²) in [6.45, 7) is 7.70. The molecule has 4 rings (SSSR count). The topological polar surface area (TPSA) is 58.1 Å². The summed E-state index contributed by atoms with van der Waals surface area (Å²) in [4.78, 5) is 16.2. The van der Waals surface area contributed by atoms with Gasteiger partial charge in [-0.15, -0.1) is 10.2 Å². The third-order valence-electron chi connectivity index (χ3n) is 5.64. The van der Waals surface area contributed by atoms with Crippen LogP contribution in [0.1, 0.15) is 29.5 Å². The molecule has 3 aromatic rings. The molecule has 1 aromatic heterocycles. The number of hydrogen-bond donors (Lipinski definition) is 1. The molecule has 0 unspecified atom stereocenters. The van der Waals surface area contributed by atoms with Gasteiger partial charge in [-0.2, -0.15) is 0 Å². The first-order valence-corrected chi connectivity index (χ1v) is 11.5. The second kappa shape index (κ2) is 9.52. The largest absolute Gasteiger partial charge is 0.354 e. The van der Waals surface area contributed by atoms with Crippen molar-refractivity contribution >= 4 is 29.2 Å². The minimum atomic E-state index is -0.0583. The van der Waals surface area contributed by atoms with Gasteiger partial charge < -0.3 is 10.2 Å². The Morgan fingerprint density at radius 2 is 1.77 bits per heavy atom. The summed E-state index contributed by atoms with van der Waals surface area (Å²) in [5.41, 5.74) is 4.37. The number of anilines is 2. The van der Waals surface area contributed by atoms with Crippen LogP contribution in [0.25, 0.3) is 0 Å². The lowest BCUT2D eigenvalue weighted by Crippen LogP contribution is -2.41. The highest BCUT2D eigenvalue weighted by Crippen LogP contribution is 2.28. The summed E-state index contributed by atoms with van der Waals surface area (Å²) in [7, 11) is 0. The molecule has 0 aliphatic carbocycles. The molecule has 2 aromatic carbocycles. The predicted octanol–water partition coefficient (Wildman–Crippen LogP) is 5.41. The van der Waals surface area contributed by atoms with Crippen molar-refractivity contribution in [2.45, 2.75) is 43.5 Å². The van der Waals surface area contributed by atoms with Crippen molar-refractivity contribution in [1.29, 1.82) is 0 Å². The third-order valence-corrected chi connectivity index (χ3v) is 6.57. The van der Waals surface area contributed by atoms with Gasteiger partial charge in [-0.1, -0.05) is 41.6 Å². The van der Waals surface area contributed by atoms with E-state index >= 15 is 0 Å². The van der Waals surface area contributed by atoms with Gasteiger partial charge in [0.15, 0.2) is 5.82 Å². The Balaban J connectivity index is 1.39. The van der Waals surface area contributed by atoms with Crippen molar-refractivity contribution in [2.24, 2.45) is 5.92 Å². The van der Waals surface area contributed by atoms with E-state index in [4.69, 9.17) is 0 Å². The van der Waals surface area contributed by atoms with Gasteiger partial charge in [0.05, 0.1) is 5.92 Å². The van der Waals surface area contributed by atoms with Gasteiger partial charge >= 0.3 is 0 Å². The van der Waals surface area contributed by atoms with E-state index in [1.165, 1.54) is 5.56 Å². The maximum absolute atomic E-state index is 12.9. The maximum atomic E-state index is 12.9. The summed E-state index contributed by atoms with van der Waals surface area (Å²) in [6, 6.07) is 18.5. The van der Waals surface area contributed by atoms with Crippen molar-refractivity contribution in [3.63, 3.8) is 0 Å². The average molecular weight is 433 g/mol. The lowest BCUT2D eigenvalue weighted by atomic mass is 9.96. The molecule has 1 amide bonds. The summed E-state index contributed by atoms with van der Waals surface area (Å²) in [6.07, 6.45) is 1.86. The first-order chi connectivity index (χ1) is 15.0. The van der Waals surface area contributed by atoms with Gasteiger partial charge in [0, 0.05) is 23.7 Å². The second-order valence-corrected chi connectivity index (χ2v) is 9.33. The van der Waals surface area contributed by atoms with Gasteiger partial charge in [-0.25, -0.2) is 0 Å². The number of carbonyl (C=O) groups excluding carboxylic acids is 1. The number of piperidine rings is 1. The molecule has 0 spiro atoms. The Morgan fingerprint density at radius 3 is 2.52 bits per heavy atom. The number of aromatic nitrogens is 2. The molecule has 1 aliphatic rings. The Bertz CT molecular complexity index is 1050. The highest BCUT2D eigenvalue weighted by Gasteiger charge is 2.27. The molecule has 5 nitrogen and oxygen atoms in total. The van der Waals surface area contributed by atoms with Crippen molar-refractivity contribution in [2.75, 3.05) is 23.3 Å². The van der Waals surface area contributed by atoms with Gasteiger partial charge in [0.25, 0.3) is 0 Å². The van der Waals surface area contributed by atoms with E-state index in [0.29, 0.717) is 6.54 Å². The molecule has 1 saturated heterocycles. The minimum absolute atomic E-state index is 0.0583. The first-order valence-electron chi connectivity index (χ1n) is 10.7. The molecule has 2 heterocycles. The zero-order valence-electron chi connectivity index (χ0n) is 18.3. The van der Waals surface area contributed by atoms with Crippen LogP contribution in [0.5, 0.6) is 0 Å². The number of nitrogens with zero attached hydrogens (tertiary/aromatic N) is 3. The van der Waals surface area contributed by atoms with Crippen molar-refractivity contribution in [1.82, 2.24) is 10.2 Å². The van der Waals surface area contributed by atoms with Crippen LogP contribution in [0.15, 0.2) is 64.5 Å². The number of carbonyl (C=O) groups is 1. The highest BCUT2D eigenvalue weighted by molar-refractivity contribution is 7.99. The van der Waals surface area contributed by atoms with Crippen molar-refractivity contribution in [3.8, 4) is 0 Å². The molecule has 6 heteroatoms. The molecule has 31 heavy (non-hydrogen) atoms. The van der Waals surface area contributed by atoms with Crippen LogP contribution in [0.4, 0.5) is 11.5 Å². The molecular formula is C25H28N4OS. The lowest BCUT2D eigenvalue weighted by molar-refractivity contribution is -0.120. The number of amides is 1. The summed E-state index contributed by atoms with van der Waals surface area (Å²) in [5, 5.41) is 12.8. The quantitative estimate of drug-likeness (QED) is 0.584. The molecule has 1 fully saturated rings. The van der Waals surface area contributed by atoms with Crippen LogP contribution in [0.3, 0.4) is 0 Å². The van der Waals surface area contributed by atoms with Gasteiger partial charge in [-0.3, -0.25) is 4.79 Å². The number of aryl methyl sites for hydroxylation is 3. The normalized spacial score (nSPS) is 16.2. The smallest absolute Gasteiger partial charge is 0.229 e. The van der Waals surface area contributed by atoms with E-state index in [1.54, 1.807) is 11.8 Å². The zero-order chi connectivity index (χ0) is 21.8. The molecule has 1 N–H and O–H groups in total. The Labute approximate surface area is 188 Å². The molecule has 1 atom stereocenters. The fraction of sp³-hybridized carbons (Fsp3) is 0.320. The fourth-order valence-corrected chi connectivity index (χ4v) is 4.50. The molecule has 0 bridgehead atoms. The van der Waals surface area contributed by atoms with Crippen LogP contribution in [0, 0.1) is 26.7 Å². The van der Waals surface area contributed by atoms with E-state index in [1.807, 2.05) is 38.1 Å². The number of rotatable bonds is 5. The Kier molecular flexibility index (Phi) is 6.56. The second-order valence-electron chi connectivity index (χ2n) is 8.24. The fourth-order valence-electron chi connectivity index (χ4n) is 3.77.